The SMILES string of the molecule is Cc1cc(N(C2CC2)C2CCN(c3nccn(C)c3=O)CC2)ncn1. The van der Waals surface area contributed by atoms with Crippen LogP contribution in [0.5, 0.6) is 0 Å². The summed E-state index contributed by atoms with van der Waals surface area (Å²) in [7, 11) is 1.77. The fraction of sp³-hybridized carbons (Fsp3) is 0.556. The maximum absolute atomic E-state index is 12.3. The van der Waals surface area contributed by atoms with Crippen LogP contribution in [0.25, 0.3) is 0 Å². The van der Waals surface area contributed by atoms with Gasteiger partial charge in [-0.25, -0.2) is 15.0 Å². The van der Waals surface area contributed by atoms with Crippen LogP contribution in [0.4, 0.5) is 11.6 Å². The van der Waals surface area contributed by atoms with E-state index in [9.17, 15) is 4.79 Å². The van der Waals surface area contributed by atoms with Crippen molar-refractivity contribution in [2.24, 2.45) is 7.05 Å². The van der Waals surface area contributed by atoms with E-state index in [-0.39, 0.29) is 5.56 Å². The van der Waals surface area contributed by atoms with Gasteiger partial charge >= 0.3 is 0 Å². The Morgan fingerprint density at radius 2 is 1.80 bits per heavy atom. The Bertz CT molecular complexity index is 807. The third kappa shape index (κ3) is 3.23. The van der Waals surface area contributed by atoms with Crippen molar-refractivity contribution in [3.8, 4) is 0 Å². The molecule has 1 aliphatic carbocycles. The van der Waals surface area contributed by atoms with E-state index >= 15 is 0 Å². The van der Waals surface area contributed by atoms with Gasteiger partial charge in [0.15, 0.2) is 5.82 Å². The predicted octanol–water partition coefficient (Wildman–Crippen LogP) is 1.52. The maximum Gasteiger partial charge on any atom is 0.293 e. The second-order valence-electron chi connectivity index (χ2n) is 7.04. The van der Waals surface area contributed by atoms with Crippen LogP contribution >= 0.6 is 0 Å². The quantitative estimate of drug-likeness (QED) is 0.841. The van der Waals surface area contributed by atoms with Crippen LogP contribution in [-0.4, -0.2) is 44.7 Å². The summed E-state index contributed by atoms with van der Waals surface area (Å²) in [5.74, 6) is 1.61. The van der Waals surface area contributed by atoms with Gasteiger partial charge in [-0.3, -0.25) is 4.79 Å². The van der Waals surface area contributed by atoms with Crippen molar-refractivity contribution < 1.29 is 0 Å². The summed E-state index contributed by atoms with van der Waals surface area (Å²) in [4.78, 5) is 29.9. The highest BCUT2D eigenvalue weighted by atomic mass is 16.1. The van der Waals surface area contributed by atoms with E-state index in [4.69, 9.17) is 0 Å². The number of hydrogen-bond donors (Lipinski definition) is 0. The Kier molecular flexibility index (Phi) is 4.15. The first-order valence-corrected chi connectivity index (χ1v) is 8.97. The number of nitrogens with zero attached hydrogens (tertiary/aromatic N) is 6. The van der Waals surface area contributed by atoms with Crippen LogP contribution in [0, 0.1) is 6.92 Å². The lowest BCUT2D eigenvalue weighted by atomic mass is 10.0. The molecule has 0 unspecified atom stereocenters. The van der Waals surface area contributed by atoms with Crippen LogP contribution in [-0.2, 0) is 7.05 Å². The molecule has 0 N–H and O–H groups in total. The first kappa shape index (κ1) is 16.1. The van der Waals surface area contributed by atoms with Gasteiger partial charge < -0.3 is 14.4 Å². The zero-order chi connectivity index (χ0) is 17.4. The second kappa shape index (κ2) is 6.46. The van der Waals surface area contributed by atoms with E-state index < -0.39 is 0 Å². The first-order valence-electron chi connectivity index (χ1n) is 8.97. The van der Waals surface area contributed by atoms with Crippen molar-refractivity contribution in [1.82, 2.24) is 19.5 Å². The van der Waals surface area contributed by atoms with E-state index in [0.29, 0.717) is 17.9 Å². The average Bonchev–Trinajstić information content (AvgIpc) is 3.43. The molecule has 2 aromatic rings. The van der Waals surface area contributed by atoms with Gasteiger partial charge in [0.1, 0.15) is 12.1 Å². The summed E-state index contributed by atoms with van der Waals surface area (Å²) in [6.45, 7) is 3.71. The molecule has 2 aliphatic rings. The molecule has 0 bridgehead atoms. The minimum absolute atomic E-state index is 0.0218. The number of anilines is 2. The molecule has 1 aliphatic heterocycles. The molecule has 0 amide bonds. The summed E-state index contributed by atoms with van der Waals surface area (Å²) in [5, 5.41) is 0. The zero-order valence-electron chi connectivity index (χ0n) is 14.8. The Balaban J connectivity index is 1.50. The average molecular weight is 340 g/mol. The van der Waals surface area contributed by atoms with E-state index in [1.165, 1.54) is 12.8 Å². The Hall–Kier alpha value is -2.44. The van der Waals surface area contributed by atoms with E-state index in [0.717, 1.165) is 37.4 Å². The van der Waals surface area contributed by atoms with Crippen molar-refractivity contribution >= 4 is 11.6 Å². The standard InChI is InChI=1S/C18H24N6O/c1-13-11-16(21-12-20-13)24(14-3-4-14)15-5-8-23(9-6-15)17-18(25)22(2)10-7-19-17/h7,10-12,14-15H,3-6,8-9H2,1-2H3. The van der Waals surface area contributed by atoms with Crippen molar-refractivity contribution in [1.29, 1.82) is 0 Å². The molecule has 1 saturated carbocycles. The fourth-order valence-corrected chi connectivity index (χ4v) is 3.66. The molecule has 1 saturated heterocycles. The highest BCUT2D eigenvalue weighted by Gasteiger charge is 2.36. The first-order chi connectivity index (χ1) is 12.1. The van der Waals surface area contributed by atoms with E-state index in [1.54, 1.807) is 30.3 Å². The van der Waals surface area contributed by atoms with Gasteiger partial charge in [-0.05, 0) is 32.6 Å². The smallest absolute Gasteiger partial charge is 0.293 e. The number of aromatic nitrogens is 4. The summed E-state index contributed by atoms with van der Waals surface area (Å²) in [6.07, 6.45) is 9.56. The Labute approximate surface area is 147 Å². The Morgan fingerprint density at radius 3 is 2.48 bits per heavy atom. The number of aryl methyl sites for hydroxylation is 2. The molecule has 0 atom stereocenters. The Morgan fingerprint density at radius 1 is 1.08 bits per heavy atom. The van der Waals surface area contributed by atoms with Gasteiger partial charge in [-0.15, -0.1) is 0 Å². The highest BCUT2D eigenvalue weighted by Crippen LogP contribution is 2.35. The third-order valence-corrected chi connectivity index (χ3v) is 5.15. The summed E-state index contributed by atoms with van der Waals surface area (Å²) < 4.78 is 1.59. The normalized spacial score (nSPS) is 18.4. The monoisotopic (exact) mass is 340 g/mol. The van der Waals surface area contributed by atoms with Gasteiger partial charge in [0.2, 0.25) is 0 Å². The fourth-order valence-electron chi connectivity index (χ4n) is 3.66. The summed E-state index contributed by atoms with van der Waals surface area (Å²) in [6, 6.07) is 3.15. The molecular formula is C18H24N6O. The topological polar surface area (TPSA) is 67.2 Å². The lowest BCUT2D eigenvalue weighted by molar-refractivity contribution is 0.456. The molecular weight excluding hydrogens is 316 g/mol. The molecule has 0 radical (unpaired) electrons. The molecule has 2 aromatic heterocycles. The molecule has 3 heterocycles. The maximum atomic E-state index is 12.3. The van der Waals surface area contributed by atoms with Crippen LogP contribution in [0.3, 0.4) is 0 Å². The lowest BCUT2D eigenvalue weighted by Crippen LogP contribution is -2.48. The number of piperidine rings is 1. The second-order valence-corrected chi connectivity index (χ2v) is 7.04. The van der Waals surface area contributed by atoms with Gasteiger partial charge in [0.05, 0.1) is 0 Å². The van der Waals surface area contributed by atoms with Gasteiger partial charge in [0, 0.05) is 56.4 Å². The molecule has 7 nitrogen and oxygen atoms in total. The minimum atomic E-state index is -0.0218. The lowest BCUT2D eigenvalue weighted by Gasteiger charge is -2.39. The molecule has 0 aromatic carbocycles. The van der Waals surface area contributed by atoms with Crippen molar-refractivity contribution in [3.05, 3.63) is 40.8 Å². The van der Waals surface area contributed by atoms with Gasteiger partial charge in [-0.2, -0.15) is 0 Å². The predicted molar refractivity (Wildman–Crippen MR) is 97.0 cm³/mol. The largest absolute Gasteiger partial charge is 0.352 e. The van der Waals surface area contributed by atoms with Crippen molar-refractivity contribution in [2.75, 3.05) is 22.9 Å². The van der Waals surface area contributed by atoms with Crippen LogP contribution in [0.15, 0.2) is 29.6 Å². The van der Waals surface area contributed by atoms with E-state index in [2.05, 4.69) is 30.8 Å². The molecule has 4 rings (SSSR count). The van der Waals surface area contributed by atoms with Crippen LogP contribution in [0.1, 0.15) is 31.4 Å². The number of rotatable bonds is 4. The van der Waals surface area contributed by atoms with Crippen LogP contribution in [0.2, 0.25) is 0 Å². The highest BCUT2D eigenvalue weighted by molar-refractivity contribution is 5.44. The van der Waals surface area contributed by atoms with Gasteiger partial charge in [0.25, 0.3) is 5.56 Å². The molecule has 25 heavy (non-hydrogen) atoms. The summed E-state index contributed by atoms with van der Waals surface area (Å²) >= 11 is 0. The molecule has 0 spiro atoms. The summed E-state index contributed by atoms with van der Waals surface area (Å²) in [5.41, 5.74) is 0.983. The third-order valence-electron chi connectivity index (χ3n) is 5.15. The van der Waals surface area contributed by atoms with Crippen molar-refractivity contribution in [2.45, 2.75) is 44.7 Å². The van der Waals surface area contributed by atoms with E-state index in [1.807, 2.05) is 6.92 Å². The zero-order valence-corrected chi connectivity index (χ0v) is 14.8. The van der Waals surface area contributed by atoms with Crippen LogP contribution < -0.4 is 15.4 Å². The molecule has 132 valence electrons. The molecule has 2 fully saturated rings. The minimum Gasteiger partial charge on any atom is -0.352 e. The number of hydrogen-bond acceptors (Lipinski definition) is 6. The van der Waals surface area contributed by atoms with Gasteiger partial charge in [-0.1, -0.05) is 0 Å². The molecule has 7 heteroatoms. The van der Waals surface area contributed by atoms with Crippen molar-refractivity contribution in [3.63, 3.8) is 0 Å².